The van der Waals surface area contributed by atoms with Gasteiger partial charge in [0.05, 0.1) is 12.4 Å². The molecular formula is C14H19N5O. The maximum atomic E-state index is 12.0. The highest BCUT2D eigenvalue weighted by atomic mass is 16.1. The molecule has 0 radical (unpaired) electrons. The highest BCUT2D eigenvalue weighted by molar-refractivity contribution is 5.94. The number of hydrogen-bond donors (Lipinski definition) is 1. The number of fused-ring (bicyclic) bond motifs is 1. The summed E-state index contributed by atoms with van der Waals surface area (Å²) >= 11 is 0. The van der Waals surface area contributed by atoms with Crippen LogP contribution in [0.4, 0.5) is 5.82 Å². The first-order valence-electron chi connectivity index (χ1n) is 6.84. The lowest BCUT2D eigenvalue weighted by molar-refractivity contribution is -0.116. The van der Waals surface area contributed by atoms with E-state index in [0.717, 1.165) is 22.6 Å². The Bertz CT molecular complexity index is 667. The molecule has 0 bridgehead atoms. The summed E-state index contributed by atoms with van der Waals surface area (Å²) in [6.07, 6.45) is 4.17. The van der Waals surface area contributed by atoms with Crippen molar-refractivity contribution >= 4 is 11.7 Å². The molecule has 2 aromatic heterocycles. The fourth-order valence-corrected chi connectivity index (χ4v) is 2.77. The first kappa shape index (κ1) is 12.9. The minimum Gasteiger partial charge on any atom is -0.311 e. The fraction of sp³-hybridized carbons (Fsp3) is 0.500. The zero-order valence-electron chi connectivity index (χ0n) is 12.2. The summed E-state index contributed by atoms with van der Waals surface area (Å²) in [4.78, 5) is 12.0. The van der Waals surface area contributed by atoms with Gasteiger partial charge in [-0.1, -0.05) is 0 Å². The van der Waals surface area contributed by atoms with Crippen molar-refractivity contribution in [2.24, 2.45) is 7.05 Å². The van der Waals surface area contributed by atoms with Gasteiger partial charge in [0, 0.05) is 42.2 Å². The smallest absolute Gasteiger partial charge is 0.226 e. The second kappa shape index (κ2) is 4.47. The van der Waals surface area contributed by atoms with Gasteiger partial charge in [-0.25, -0.2) is 4.68 Å². The van der Waals surface area contributed by atoms with Gasteiger partial charge in [0.25, 0.3) is 0 Å². The molecule has 0 aliphatic carbocycles. The van der Waals surface area contributed by atoms with E-state index in [1.807, 2.05) is 35.7 Å². The third kappa shape index (κ3) is 1.83. The molecule has 0 spiro atoms. The van der Waals surface area contributed by atoms with Gasteiger partial charge in [-0.2, -0.15) is 10.2 Å². The summed E-state index contributed by atoms with van der Waals surface area (Å²) in [5, 5.41) is 11.7. The number of carbonyl (C=O) groups excluding carboxylic acids is 1. The quantitative estimate of drug-likeness (QED) is 0.910. The second-order valence-electron chi connectivity index (χ2n) is 5.60. The Balaban J connectivity index is 2.12. The molecule has 0 fully saturated rings. The second-order valence-corrected chi connectivity index (χ2v) is 5.60. The molecule has 1 aliphatic rings. The number of rotatable bonds is 2. The van der Waals surface area contributed by atoms with E-state index in [-0.39, 0.29) is 17.9 Å². The summed E-state index contributed by atoms with van der Waals surface area (Å²) in [5.41, 5.74) is 3.27. The predicted octanol–water partition coefficient (Wildman–Crippen LogP) is 1.98. The van der Waals surface area contributed by atoms with Gasteiger partial charge < -0.3 is 5.32 Å². The van der Waals surface area contributed by atoms with Gasteiger partial charge in [-0.3, -0.25) is 9.48 Å². The Morgan fingerprint density at radius 2 is 2.00 bits per heavy atom. The van der Waals surface area contributed by atoms with E-state index in [2.05, 4.69) is 29.4 Å². The van der Waals surface area contributed by atoms with Crippen LogP contribution in [0.5, 0.6) is 0 Å². The van der Waals surface area contributed by atoms with Crippen molar-refractivity contribution in [1.82, 2.24) is 19.6 Å². The highest BCUT2D eigenvalue weighted by Crippen LogP contribution is 2.38. The van der Waals surface area contributed by atoms with Crippen LogP contribution in [-0.2, 0) is 11.8 Å². The van der Waals surface area contributed by atoms with Crippen molar-refractivity contribution in [1.29, 1.82) is 0 Å². The summed E-state index contributed by atoms with van der Waals surface area (Å²) in [6, 6.07) is 0.216. The normalized spacial score (nSPS) is 18.2. The van der Waals surface area contributed by atoms with Gasteiger partial charge in [-0.15, -0.1) is 0 Å². The van der Waals surface area contributed by atoms with Crippen molar-refractivity contribution in [2.45, 2.75) is 39.2 Å². The van der Waals surface area contributed by atoms with Crippen molar-refractivity contribution in [3.8, 4) is 0 Å². The number of hydrogen-bond acceptors (Lipinski definition) is 3. The number of nitrogens with zero attached hydrogens (tertiary/aromatic N) is 4. The van der Waals surface area contributed by atoms with Crippen molar-refractivity contribution in [3.63, 3.8) is 0 Å². The molecule has 1 N–H and O–H groups in total. The van der Waals surface area contributed by atoms with Crippen LogP contribution in [0.3, 0.4) is 0 Å². The first-order valence-corrected chi connectivity index (χ1v) is 6.84. The van der Waals surface area contributed by atoms with Crippen molar-refractivity contribution < 1.29 is 4.79 Å². The monoisotopic (exact) mass is 273 g/mol. The van der Waals surface area contributed by atoms with Crippen molar-refractivity contribution in [2.75, 3.05) is 5.32 Å². The Morgan fingerprint density at radius 3 is 2.60 bits per heavy atom. The lowest BCUT2D eigenvalue weighted by Crippen LogP contribution is -2.25. The van der Waals surface area contributed by atoms with Crippen LogP contribution in [-0.4, -0.2) is 25.5 Å². The van der Waals surface area contributed by atoms with Gasteiger partial charge in [0.1, 0.15) is 5.82 Å². The van der Waals surface area contributed by atoms with Crippen LogP contribution >= 0.6 is 0 Å². The minimum absolute atomic E-state index is 0.0353. The molecular weight excluding hydrogens is 254 g/mol. The van der Waals surface area contributed by atoms with Crippen molar-refractivity contribution in [3.05, 3.63) is 29.2 Å². The molecule has 6 nitrogen and oxygen atoms in total. The first-order chi connectivity index (χ1) is 9.49. The van der Waals surface area contributed by atoms with E-state index >= 15 is 0 Å². The molecule has 6 heteroatoms. The number of carbonyl (C=O) groups is 1. The SMILES string of the molecule is Cc1c([C@@H]2CC(=O)Nc3c2cnn3C(C)C)cnn1C. The molecule has 1 amide bonds. The van der Waals surface area contributed by atoms with Crippen LogP contribution in [0.1, 0.15) is 49.0 Å². The predicted molar refractivity (Wildman–Crippen MR) is 75.6 cm³/mol. The van der Waals surface area contributed by atoms with Crippen LogP contribution in [0.2, 0.25) is 0 Å². The van der Waals surface area contributed by atoms with E-state index in [1.54, 1.807) is 0 Å². The van der Waals surface area contributed by atoms with Gasteiger partial charge >= 0.3 is 0 Å². The summed E-state index contributed by atoms with van der Waals surface area (Å²) in [5.74, 6) is 0.901. The topological polar surface area (TPSA) is 64.7 Å². The summed E-state index contributed by atoms with van der Waals surface area (Å²) in [7, 11) is 1.92. The summed E-state index contributed by atoms with van der Waals surface area (Å²) < 4.78 is 3.71. The number of anilines is 1. The Hall–Kier alpha value is -2.11. The maximum absolute atomic E-state index is 12.0. The standard InChI is InChI=1S/C14H19N5O/c1-8(2)19-14-12(7-16-19)10(5-13(20)17-14)11-6-15-18(4)9(11)3/h6-8,10H,5H2,1-4H3,(H,17,20)/t10-/m0/s1. The van der Waals surface area contributed by atoms with Gasteiger partial charge in [0.15, 0.2) is 0 Å². The molecule has 0 saturated carbocycles. The van der Waals surface area contributed by atoms with E-state index in [1.165, 1.54) is 0 Å². The summed E-state index contributed by atoms with van der Waals surface area (Å²) in [6.45, 7) is 6.14. The van der Waals surface area contributed by atoms with E-state index in [0.29, 0.717) is 6.42 Å². The maximum Gasteiger partial charge on any atom is 0.226 e. The molecule has 1 aliphatic heterocycles. The molecule has 0 saturated heterocycles. The van der Waals surface area contributed by atoms with Gasteiger partial charge in [0.2, 0.25) is 5.91 Å². The third-order valence-electron chi connectivity index (χ3n) is 3.98. The van der Waals surface area contributed by atoms with E-state index in [9.17, 15) is 4.79 Å². The number of amides is 1. The number of aryl methyl sites for hydroxylation is 1. The van der Waals surface area contributed by atoms with Crippen LogP contribution in [0.25, 0.3) is 0 Å². The molecule has 3 rings (SSSR count). The lowest BCUT2D eigenvalue weighted by atomic mass is 9.88. The van der Waals surface area contributed by atoms with Crippen LogP contribution < -0.4 is 5.32 Å². The molecule has 3 heterocycles. The molecule has 20 heavy (non-hydrogen) atoms. The van der Waals surface area contributed by atoms with Crippen LogP contribution in [0, 0.1) is 6.92 Å². The number of aromatic nitrogens is 4. The molecule has 0 aromatic carbocycles. The average molecular weight is 273 g/mol. The zero-order valence-corrected chi connectivity index (χ0v) is 12.2. The zero-order chi connectivity index (χ0) is 14.4. The van der Waals surface area contributed by atoms with Crippen LogP contribution in [0.15, 0.2) is 12.4 Å². The molecule has 106 valence electrons. The molecule has 0 unspecified atom stereocenters. The highest BCUT2D eigenvalue weighted by Gasteiger charge is 2.32. The third-order valence-corrected chi connectivity index (χ3v) is 3.98. The lowest BCUT2D eigenvalue weighted by Gasteiger charge is -2.24. The number of nitrogens with one attached hydrogen (secondary N) is 1. The molecule has 2 aromatic rings. The average Bonchev–Trinajstić information content (AvgIpc) is 2.94. The largest absolute Gasteiger partial charge is 0.311 e. The van der Waals surface area contributed by atoms with Gasteiger partial charge in [-0.05, 0) is 20.8 Å². The fourth-order valence-electron chi connectivity index (χ4n) is 2.77. The Morgan fingerprint density at radius 1 is 1.30 bits per heavy atom. The molecule has 1 atom stereocenters. The Labute approximate surface area is 117 Å². The Kier molecular flexibility index (Phi) is 2.88. The van der Waals surface area contributed by atoms with E-state index < -0.39 is 0 Å². The van der Waals surface area contributed by atoms with E-state index in [4.69, 9.17) is 0 Å². The minimum atomic E-state index is 0.0353.